The van der Waals surface area contributed by atoms with Gasteiger partial charge < -0.3 is 5.32 Å². The van der Waals surface area contributed by atoms with Crippen molar-refractivity contribution in [2.75, 3.05) is 5.32 Å². The van der Waals surface area contributed by atoms with Gasteiger partial charge in [0.05, 0.1) is 4.92 Å². The van der Waals surface area contributed by atoms with E-state index in [9.17, 15) is 10.1 Å². The molecule has 6 nitrogen and oxygen atoms in total. The van der Waals surface area contributed by atoms with Crippen molar-refractivity contribution in [1.82, 2.24) is 5.32 Å². The topological polar surface area (TPSA) is 91.0 Å². The van der Waals surface area contributed by atoms with Gasteiger partial charge in [-0.2, -0.15) is 5.26 Å². The first-order valence-corrected chi connectivity index (χ1v) is 4.25. The zero-order valence-electron chi connectivity index (χ0n) is 7.43. The molecule has 0 aromatic heterocycles. The fourth-order valence-corrected chi connectivity index (χ4v) is 1.04. The number of non-ortho nitro benzene ring substituents is 1. The Hall–Kier alpha value is -1.20. The first-order valence-electron chi connectivity index (χ1n) is 3.84. The van der Waals surface area contributed by atoms with Crippen molar-refractivity contribution >= 4 is 58.3 Å². The van der Waals surface area contributed by atoms with Gasteiger partial charge in [-0.05, 0) is 24.4 Å². The number of anilines is 1. The van der Waals surface area contributed by atoms with E-state index in [0.717, 1.165) is 0 Å². The average molecular weight is 246 g/mol. The van der Waals surface area contributed by atoms with Gasteiger partial charge in [0, 0.05) is 17.8 Å². The van der Waals surface area contributed by atoms with Crippen LogP contribution in [0.1, 0.15) is 0 Å². The number of nitrogens with zero attached hydrogens (tertiary/aromatic N) is 2. The molecule has 78 valence electrons. The minimum absolute atomic E-state index is 0. The number of hydrogen-bond acceptors (Lipinski definition) is 4. The Balaban J connectivity index is 0.00000225. The second kappa shape index (κ2) is 7.14. The predicted molar refractivity (Wildman–Crippen MR) is 65.2 cm³/mol. The molecule has 0 saturated heterocycles. The molecule has 1 aromatic carbocycles. The van der Waals surface area contributed by atoms with E-state index >= 15 is 0 Å². The number of nitro benzene ring substituents is 1. The van der Waals surface area contributed by atoms with Crippen molar-refractivity contribution < 1.29 is 4.92 Å². The second-order valence-electron chi connectivity index (χ2n) is 2.49. The quantitative estimate of drug-likeness (QED) is 0.199. The minimum atomic E-state index is -0.490. The van der Waals surface area contributed by atoms with Crippen LogP contribution >= 0.6 is 12.2 Å². The van der Waals surface area contributed by atoms with E-state index in [4.69, 9.17) is 17.5 Å². The van der Waals surface area contributed by atoms with Gasteiger partial charge in [-0.3, -0.25) is 15.4 Å². The summed E-state index contributed by atoms with van der Waals surface area (Å²) in [6.45, 7) is 0. The number of benzene rings is 1. The molecule has 1 rings (SSSR count). The molecule has 2 N–H and O–H groups in total. The Kier molecular flexibility index (Phi) is 6.60. The van der Waals surface area contributed by atoms with Gasteiger partial charge in [0.2, 0.25) is 0 Å². The zero-order chi connectivity index (χ0) is 11.3. The molecule has 0 unspecified atom stereocenters. The molecule has 0 aliphatic heterocycles. The van der Waals surface area contributed by atoms with Crippen LogP contribution in [0.5, 0.6) is 0 Å². The van der Waals surface area contributed by atoms with Gasteiger partial charge in [0.25, 0.3) is 5.69 Å². The Labute approximate surface area is 119 Å². The van der Waals surface area contributed by atoms with E-state index in [1.807, 2.05) is 0 Å². The Morgan fingerprint density at radius 2 is 2.00 bits per heavy atom. The number of nitro groups is 1. The van der Waals surface area contributed by atoms with Crippen molar-refractivity contribution in [2.24, 2.45) is 0 Å². The molecule has 0 amide bonds. The van der Waals surface area contributed by atoms with E-state index in [1.54, 1.807) is 6.19 Å². The maximum absolute atomic E-state index is 10.3. The Morgan fingerprint density at radius 1 is 1.44 bits per heavy atom. The molecule has 0 aliphatic rings. The van der Waals surface area contributed by atoms with E-state index in [1.165, 1.54) is 24.3 Å². The Morgan fingerprint density at radius 3 is 2.44 bits per heavy atom. The molecule has 0 radical (unpaired) electrons. The summed E-state index contributed by atoms with van der Waals surface area (Å²) in [6, 6.07) is 5.70. The van der Waals surface area contributed by atoms with Crippen LogP contribution in [0.4, 0.5) is 11.4 Å². The molecule has 0 bridgehead atoms. The van der Waals surface area contributed by atoms with Crippen LogP contribution in [0.25, 0.3) is 0 Å². The third-order valence-electron chi connectivity index (χ3n) is 1.51. The van der Waals surface area contributed by atoms with Crippen molar-refractivity contribution in [3.63, 3.8) is 0 Å². The first kappa shape index (κ1) is 14.8. The third kappa shape index (κ3) is 4.55. The van der Waals surface area contributed by atoms with Crippen LogP contribution in [0.15, 0.2) is 24.3 Å². The second-order valence-corrected chi connectivity index (χ2v) is 2.90. The molecule has 0 fully saturated rings. The molecular formula is C8H7N4NaO2S. The summed E-state index contributed by atoms with van der Waals surface area (Å²) in [6.07, 6.45) is 1.66. The van der Waals surface area contributed by atoms with Crippen molar-refractivity contribution in [1.29, 1.82) is 5.26 Å². The summed E-state index contributed by atoms with van der Waals surface area (Å²) in [5.41, 5.74) is 0.577. The molecule has 8 heteroatoms. The summed E-state index contributed by atoms with van der Waals surface area (Å²) in [5.74, 6) is 0. The fraction of sp³-hybridized carbons (Fsp3) is 0. The molecule has 0 heterocycles. The Bertz CT molecular complexity index is 429. The van der Waals surface area contributed by atoms with Gasteiger partial charge in [0.15, 0.2) is 11.3 Å². The fourth-order valence-electron chi connectivity index (χ4n) is 0.880. The van der Waals surface area contributed by atoms with Crippen LogP contribution in [0.3, 0.4) is 0 Å². The van der Waals surface area contributed by atoms with Gasteiger partial charge in [-0.1, -0.05) is 0 Å². The van der Waals surface area contributed by atoms with Gasteiger partial charge in [-0.15, -0.1) is 0 Å². The molecule has 16 heavy (non-hydrogen) atoms. The predicted octanol–water partition coefficient (Wildman–Crippen LogP) is 0.714. The molecule has 0 spiro atoms. The summed E-state index contributed by atoms with van der Waals surface area (Å²) >= 11 is 4.74. The summed E-state index contributed by atoms with van der Waals surface area (Å²) < 4.78 is 0. The number of rotatable bonds is 2. The number of thiocarbonyl (C=S) groups is 1. The van der Waals surface area contributed by atoms with Crippen LogP contribution < -0.4 is 10.6 Å². The van der Waals surface area contributed by atoms with Gasteiger partial charge in [0.1, 0.15) is 0 Å². The molecule has 0 saturated carbocycles. The molecule has 1 aromatic rings. The van der Waals surface area contributed by atoms with Gasteiger partial charge >= 0.3 is 29.6 Å². The summed E-state index contributed by atoms with van der Waals surface area (Å²) in [7, 11) is 0. The zero-order valence-corrected chi connectivity index (χ0v) is 8.25. The van der Waals surface area contributed by atoms with Crippen LogP contribution in [-0.4, -0.2) is 39.6 Å². The van der Waals surface area contributed by atoms with Crippen molar-refractivity contribution in [3.05, 3.63) is 34.4 Å². The first-order chi connectivity index (χ1) is 7.13. The van der Waals surface area contributed by atoms with Crippen molar-refractivity contribution in [2.45, 2.75) is 0 Å². The standard InChI is InChI=1S/C8H6N4O2S.Na.H/c9-5-10-8(15)11-6-1-3-7(4-2-6)12(13)14;;/h1-4H,(H2,10,11,15);;. The monoisotopic (exact) mass is 246 g/mol. The van der Waals surface area contributed by atoms with E-state index < -0.39 is 4.92 Å². The van der Waals surface area contributed by atoms with Crippen LogP contribution in [0, 0.1) is 21.6 Å². The third-order valence-corrected chi connectivity index (χ3v) is 1.71. The molecular weight excluding hydrogens is 239 g/mol. The van der Waals surface area contributed by atoms with Crippen LogP contribution in [0.2, 0.25) is 0 Å². The normalized spacial score (nSPS) is 8.19. The van der Waals surface area contributed by atoms with Crippen molar-refractivity contribution in [3.8, 4) is 6.19 Å². The summed E-state index contributed by atoms with van der Waals surface area (Å²) in [4.78, 5) is 9.85. The average Bonchev–Trinajstić information content (AvgIpc) is 2.18. The van der Waals surface area contributed by atoms with E-state index in [-0.39, 0.29) is 40.4 Å². The number of hydrogen-bond donors (Lipinski definition) is 2. The van der Waals surface area contributed by atoms with Crippen LogP contribution in [-0.2, 0) is 0 Å². The number of nitriles is 1. The van der Waals surface area contributed by atoms with Gasteiger partial charge in [-0.25, -0.2) is 0 Å². The molecule has 0 aliphatic carbocycles. The SMILES string of the molecule is N#CNC(=S)Nc1ccc([N+](=O)[O-])cc1.[NaH]. The van der Waals surface area contributed by atoms with E-state index in [0.29, 0.717) is 5.69 Å². The maximum atomic E-state index is 10.3. The molecule has 0 atom stereocenters. The summed E-state index contributed by atoms with van der Waals surface area (Å²) in [5, 5.41) is 23.6. The number of nitrogens with one attached hydrogen (secondary N) is 2. The van der Waals surface area contributed by atoms with E-state index in [2.05, 4.69) is 10.6 Å².